The molecule has 3 unspecified atom stereocenters. The maximum Gasteiger partial charge on any atom is 0.0452 e. The Balaban J connectivity index is 2.09. The van der Waals surface area contributed by atoms with Gasteiger partial charge in [0.25, 0.3) is 0 Å². The standard InChI is InChI=1S/C13H15Cl3/c1-8-9(3-5-12(8)15)6-10-2-4-11(14)7-13(10)16/h2,4,7-9,12H,3,5-6H2,1H3. The summed E-state index contributed by atoms with van der Waals surface area (Å²) in [5, 5.41) is 1.80. The van der Waals surface area contributed by atoms with E-state index in [-0.39, 0.29) is 0 Å². The van der Waals surface area contributed by atoms with Crippen molar-refractivity contribution in [2.75, 3.05) is 0 Å². The van der Waals surface area contributed by atoms with Crippen LogP contribution in [0.25, 0.3) is 0 Å². The lowest BCUT2D eigenvalue weighted by atomic mass is 9.91. The summed E-state index contributed by atoms with van der Waals surface area (Å²) in [6.45, 7) is 2.24. The molecule has 1 aliphatic carbocycles. The number of rotatable bonds is 2. The van der Waals surface area contributed by atoms with Crippen LogP contribution in [0.2, 0.25) is 10.0 Å². The minimum Gasteiger partial charge on any atom is -0.123 e. The quantitative estimate of drug-likeness (QED) is 0.653. The van der Waals surface area contributed by atoms with E-state index in [0.717, 1.165) is 17.9 Å². The van der Waals surface area contributed by atoms with Crippen molar-refractivity contribution in [2.24, 2.45) is 11.8 Å². The van der Waals surface area contributed by atoms with Crippen molar-refractivity contribution < 1.29 is 0 Å². The number of alkyl halides is 1. The molecule has 3 heteroatoms. The van der Waals surface area contributed by atoms with Crippen molar-refractivity contribution in [2.45, 2.75) is 31.6 Å². The van der Waals surface area contributed by atoms with Crippen LogP contribution in [0.1, 0.15) is 25.3 Å². The lowest BCUT2D eigenvalue weighted by Gasteiger charge is -2.17. The highest BCUT2D eigenvalue weighted by Crippen LogP contribution is 2.38. The normalized spacial score (nSPS) is 29.6. The van der Waals surface area contributed by atoms with Crippen molar-refractivity contribution in [1.82, 2.24) is 0 Å². The smallest absolute Gasteiger partial charge is 0.0452 e. The van der Waals surface area contributed by atoms with Crippen LogP contribution in [-0.4, -0.2) is 5.38 Å². The van der Waals surface area contributed by atoms with E-state index in [2.05, 4.69) is 6.92 Å². The van der Waals surface area contributed by atoms with Gasteiger partial charge in [0.15, 0.2) is 0 Å². The molecular weight excluding hydrogens is 263 g/mol. The van der Waals surface area contributed by atoms with Crippen molar-refractivity contribution >= 4 is 34.8 Å². The fourth-order valence-electron chi connectivity index (χ4n) is 2.45. The summed E-state index contributed by atoms with van der Waals surface area (Å²) in [7, 11) is 0. The van der Waals surface area contributed by atoms with Gasteiger partial charge >= 0.3 is 0 Å². The van der Waals surface area contributed by atoms with Crippen LogP contribution in [-0.2, 0) is 6.42 Å². The van der Waals surface area contributed by atoms with Crippen molar-refractivity contribution in [3.05, 3.63) is 33.8 Å². The molecule has 0 spiro atoms. The highest BCUT2D eigenvalue weighted by molar-refractivity contribution is 6.35. The second-order valence-corrected chi connectivity index (χ2v) is 6.06. The highest BCUT2D eigenvalue weighted by Gasteiger charge is 2.31. The van der Waals surface area contributed by atoms with Gasteiger partial charge in [-0.3, -0.25) is 0 Å². The Hall–Kier alpha value is 0.0900. The van der Waals surface area contributed by atoms with E-state index in [9.17, 15) is 0 Å². The second kappa shape index (κ2) is 5.16. The van der Waals surface area contributed by atoms with Crippen molar-refractivity contribution in [1.29, 1.82) is 0 Å². The molecule has 0 amide bonds. The molecule has 16 heavy (non-hydrogen) atoms. The zero-order valence-corrected chi connectivity index (χ0v) is 11.5. The van der Waals surface area contributed by atoms with Gasteiger partial charge < -0.3 is 0 Å². The average Bonchev–Trinajstić information content (AvgIpc) is 2.54. The highest BCUT2D eigenvalue weighted by atomic mass is 35.5. The van der Waals surface area contributed by atoms with Gasteiger partial charge in [-0.25, -0.2) is 0 Å². The van der Waals surface area contributed by atoms with Crippen molar-refractivity contribution in [3.63, 3.8) is 0 Å². The van der Waals surface area contributed by atoms with Gasteiger partial charge in [0.05, 0.1) is 0 Å². The lowest BCUT2D eigenvalue weighted by molar-refractivity contribution is 0.420. The zero-order chi connectivity index (χ0) is 11.7. The predicted octanol–water partition coefficient (Wildman–Crippen LogP) is 5.19. The molecule has 1 saturated carbocycles. The lowest BCUT2D eigenvalue weighted by Crippen LogP contribution is -2.13. The zero-order valence-electron chi connectivity index (χ0n) is 9.22. The first-order valence-corrected chi connectivity index (χ1v) is 6.85. The summed E-state index contributed by atoms with van der Waals surface area (Å²) in [4.78, 5) is 0. The van der Waals surface area contributed by atoms with E-state index in [0.29, 0.717) is 22.2 Å². The van der Waals surface area contributed by atoms with E-state index in [1.165, 1.54) is 12.0 Å². The summed E-state index contributed by atoms with van der Waals surface area (Å²) in [6.07, 6.45) is 3.34. The Morgan fingerprint density at radius 2 is 2.00 bits per heavy atom. The van der Waals surface area contributed by atoms with E-state index in [4.69, 9.17) is 34.8 Å². The summed E-state index contributed by atoms with van der Waals surface area (Å²) in [6, 6.07) is 5.75. The number of halogens is 3. The van der Waals surface area contributed by atoms with Gasteiger partial charge in [-0.1, -0.05) is 36.2 Å². The number of benzene rings is 1. The van der Waals surface area contributed by atoms with E-state index in [1.807, 2.05) is 18.2 Å². The molecule has 1 aromatic rings. The third-order valence-electron chi connectivity index (χ3n) is 3.62. The molecule has 3 atom stereocenters. The molecule has 0 aromatic heterocycles. The summed E-state index contributed by atoms with van der Waals surface area (Å²) < 4.78 is 0. The minimum absolute atomic E-state index is 0.330. The molecule has 2 rings (SSSR count). The van der Waals surface area contributed by atoms with Crippen LogP contribution in [0.4, 0.5) is 0 Å². The molecule has 0 bridgehead atoms. The van der Waals surface area contributed by atoms with Crippen LogP contribution in [0.3, 0.4) is 0 Å². The molecule has 0 heterocycles. The van der Waals surface area contributed by atoms with Gasteiger partial charge in [0.2, 0.25) is 0 Å². The molecule has 0 nitrogen and oxygen atoms in total. The second-order valence-electron chi connectivity index (χ2n) is 4.65. The topological polar surface area (TPSA) is 0 Å². The van der Waals surface area contributed by atoms with Gasteiger partial charge in [-0.15, -0.1) is 11.6 Å². The van der Waals surface area contributed by atoms with E-state index < -0.39 is 0 Å². The SMILES string of the molecule is CC1C(Cl)CCC1Cc1ccc(Cl)cc1Cl. The van der Waals surface area contributed by atoms with Crippen LogP contribution >= 0.6 is 34.8 Å². The largest absolute Gasteiger partial charge is 0.123 e. The number of hydrogen-bond acceptors (Lipinski definition) is 0. The Morgan fingerprint density at radius 1 is 1.25 bits per heavy atom. The van der Waals surface area contributed by atoms with E-state index >= 15 is 0 Å². The molecular formula is C13H15Cl3. The molecule has 0 saturated heterocycles. The van der Waals surface area contributed by atoms with Gasteiger partial charge in [-0.2, -0.15) is 0 Å². The fraction of sp³-hybridized carbons (Fsp3) is 0.538. The molecule has 1 aromatic carbocycles. The Labute approximate surface area is 112 Å². The predicted molar refractivity (Wildman–Crippen MR) is 71.7 cm³/mol. The van der Waals surface area contributed by atoms with Gasteiger partial charge in [0, 0.05) is 15.4 Å². The molecule has 0 N–H and O–H groups in total. The third-order valence-corrected chi connectivity index (χ3v) is 4.83. The summed E-state index contributed by atoms with van der Waals surface area (Å²) in [5.74, 6) is 1.23. The van der Waals surface area contributed by atoms with Gasteiger partial charge in [0.1, 0.15) is 0 Å². The molecule has 88 valence electrons. The Morgan fingerprint density at radius 3 is 2.56 bits per heavy atom. The Kier molecular flexibility index (Phi) is 4.05. The molecule has 0 radical (unpaired) electrons. The number of hydrogen-bond donors (Lipinski definition) is 0. The first kappa shape index (κ1) is 12.5. The first-order valence-electron chi connectivity index (χ1n) is 5.66. The Bertz CT molecular complexity index is 375. The van der Waals surface area contributed by atoms with Crippen LogP contribution in [0.15, 0.2) is 18.2 Å². The van der Waals surface area contributed by atoms with Crippen LogP contribution in [0, 0.1) is 11.8 Å². The van der Waals surface area contributed by atoms with Gasteiger partial charge in [-0.05, 0) is 48.8 Å². The maximum absolute atomic E-state index is 6.23. The first-order chi connectivity index (χ1) is 7.58. The van der Waals surface area contributed by atoms with Crippen LogP contribution < -0.4 is 0 Å². The van der Waals surface area contributed by atoms with E-state index in [1.54, 1.807) is 0 Å². The summed E-state index contributed by atoms with van der Waals surface area (Å²) in [5.41, 5.74) is 1.19. The van der Waals surface area contributed by atoms with Crippen LogP contribution in [0.5, 0.6) is 0 Å². The molecule has 1 fully saturated rings. The maximum atomic E-state index is 6.23. The minimum atomic E-state index is 0.330. The third kappa shape index (κ3) is 2.67. The molecule has 0 aliphatic heterocycles. The average molecular weight is 278 g/mol. The molecule has 1 aliphatic rings. The van der Waals surface area contributed by atoms with Crippen molar-refractivity contribution in [3.8, 4) is 0 Å². The summed E-state index contributed by atoms with van der Waals surface area (Å²) >= 11 is 18.3. The fourth-order valence-corrected chi connectivity index (χ4v) is 3.27. The monoisotopic (exact) mass is 276 g/mol.